The summed E-state index contributed by atoms with van der Waals surface area (Å²) in [5.74, 6) is 0.834. The molecule has 0 bridgehead atoms. The largest absolute Gasteiger partial charge is 0.497 e. The van der Waals surface area contributed by atoms with E-state index in [1.165, 1.54) is 16.7 Å². The Morgan fingerprint density at radius 1 is 0.613 bits per heavy atom. The molecule has 1 heterocycles. The summed E-state index contributed by atoms with van der Waals surface area (Å²) in [6.07, 6.45) is 0. The molecule has 0 aliphatic carbocycles. The number of nitrogens with zero attached hydrogens (tertiary/aromatic N) is 1. The van der Waals surface area contributed by atoms with Crippen molar-refractivity contribution in [3.8, 4) is 5.75 Å². The first kappa shape index (κ1) is 19.0. The summed E-state index contributed by atoms with van der Waals surface area (Å²) < 4.78 is 5.39. The molecule has 4 aromatic carbocycles. The van der Waals surface area contributed by atoms with E-state index < -0.39 is 0 Å². The van der Waals surface area contributed by atoms with Gasteiger partial charge in [-0.1, -0.05) is 91.5 Å². The molecule has 0 atom stereocenters. The fourth-order valence-corrected chi connectivity index (χ4v) is 4.23. The molecule has 0 aromatic heterocycles. The number of fused-ring (bicyclic) bond motifs is 1. The van der Waals surface area contributed by atoms with E-state index in [9.17, 15) is 0 Å². The van der Waals surface area contributed by atoms with Crippen LogP contribution in [0, 0.1) is 0 Å². The van der Waals surface area contributed by atoms with Crippen molar-refractivity contribution >= 4 is 22.7 Å². The highest BCUT2D eigenvalue weighted by Gasteiger charge is 2.30. The minimum atomic E-state index is 0.834. The van der Waals surface area contributed by atoms with Crippen LogP contribution in [-0.4, -0.2) is 7.11 Å². The topological polar surface area (TPSA) is 12.5 Å². The van der Waals surface area contributed by atoms with Gasteiger partial charge in [-0.2, -0.15) is 0 Å². The number of rotatable bonds is 4. The first-order valence-corrected chi connectivity index (χ1v) is 10.4. The lowest BCUT2D eigenvalue weighted by atomic mass is 9.85. The van der Waals surface area contributed by atoms with E-state index in [-0.39, 0.29) is 0 Å². The Hall–Kier alpha value is -4.04. The summed E-state index contributed by atoms with van der Waals surface area (Å²) in [5, 5.41) is 0. The molecule has 31 heavy (non-hydrogen) atoms. The Morgan fingerprint density at radius 3 is 1.77 bits per heavy atom. The van der Waals surface area contributed by atoms with Crippen LogP contribution < -0.4 is 9.64 Å². The molecule has 1 aliphatic heterocycles. The molecule has 0 spiro atoms. The van der Waals surface area contributed by atoms with Crippen LogP contribution in [0.3, 0.4) is 0 Å². The van der Waals surface area contributed by atoms with E-state index in [0.29, 0.717) is 0 Å². The van der Waals surface area contributed by atoms with Crippen LogP contribution in [0.5, 0.6) is 5.75 Å². The van der Waals surface area contributed by atoms with E-state index in [1.54, 1.807) is 7.11 Å². The molecule has 5 rings (SSSR count). The number of ether oxygens (including phenoxy) is 1. The van der Waals surface area contributed by atoms with Gasteiger partial charge in [-0.25, -0.2) is 0 Å². The second-order valence-electron chi connectivity index (χ2n) is 7.48. The standard InChI is InChI=1S/C29H23NO/c1-21-26-15-9-10-16-27(26)28(22-11-5-3-6-12-22)29(23-13-7-4-8-14-23)30(21)24-17-19-25(31-2)20-18-24/h3-20H,1H2,2H3. The normalized spacial score (nSPS) is 13.2. The van der Waals surface area contributed by atoms with E-state index in [2.05, 4.69) is 109 Å². The second kappa shape index (κ2) is 8.00. The number of hydrogen-bond donors (Lipinski definition) is 0. The van der Waals surface area contributed by atoms with Crippen LogP contribution >= 0.6 is 0 Å². The quantitative estimate of drug-likeness (QED) is 0.361. The number of methoxy groups -OCH3 is 1. The molecule has 1 aliphatic rings. The molecule has 0 amide bonds. The maximum atomic E-state index is 5.39. The molecular weight excluding hydrogens is 378 g/mol. The van der Waals surface area contributed by atoms with Crippen molar-refractivity contribution in [1.82, 2.24) is 0 Å². The van der Waals surface area contributed by atoms with Gasteiger partial charge in [-0.05, 0) is 41.0 Å². The fraction of sp³-hybridized carbons (Fsp3) is 0.0345. The minimum Gasteiger partial charge on any atom is -0.497 e. The predicted molar refractivity (Wildman–Crippen MR) is 130 cm³/mol. The smallest absolute Gasteiger partial charge is 0.119 e. The van der Waals surface area contributed by atoms with Crippen LogP contribution in [0.25, 0.3) is 17.0 Å². The summed E-state index contributed by atoms with van der Waals surface area (Å²) in [6.45, 7) is 4.52. The zero-order valence-corrected chi connectivity index (χ0v) is 17.5. The minimum absolute atomic E-state index is 0.834. The lowest BCUT2D eigenvalue weighted by Crippen LogP contribution is -2.25. The molecule has 150 valence electrons. The summed E-state index contributed by atoms with van der Waals surface area (Å²) >= 11 is 0. The molecule has 0 saturated heterocycles. The Balaban J connectivity index is 1.86. The van der Waals surface area contributed by atoms with E-state index in [1.807, 2.05) is 12.1 Å². The lowest BCUT2D eigenvalue weighted by molar-refractivity contribution is 0.415. The maximum Gasteiger partial charge on any atom is 0.119 e. The first-order valence-electron chi connectivity index (χ1n) is 10.4. The molecular formula is C29H23NO. The van der Waals surface area contributed by atoms with Gasteiger partial charge in [0.2, 0.25) is 0 Å². The van der Waals surface area contributed by atoms with Crippen molar-refractivity contribution in [3.05, 3.63) is 138 Å². The Morgan fingerprint density at radius 2 is 1.16 bits per heavy atom. The number of benzene rings is 4. The Labute approximate surface area is 183 Å². The fourth-order valence-electron chi connectivity index (χ4n) is 4.23. The lowest BCUT2D eigenvalue weighted by Gasteiger charge is -2.37. The molecule has 0 N–H and O–H groups in total. The first-order chi connectivity index (χ1) is 15.3. The van der Waals surface area contributed by atoms with Gasteiger partial charge in [-0.3, -0.25) is 0 Å². The second-order valence-corrected chi connectivity index (χ2v) is 7.48. The molecule has 2 heteroatoms. The van der Waals surface area contributed by atoms with Gasteiger partial charge in [0.05, 0.1) is 12.8 Å². The number of anilines is 1. The maximum absolute atomic E-state index is 5.39. The molecule has 4 aromatic rings. The van der Waals surface area contributed by atoms with E-state index in [0.717, 1.165) is 34.0 Å². The Kier molecular flexibility index (Phi) is 4.89. The van der Waals surface area contributed by atoms with Crippen LogP contribution in [0.1, 0.15) is 22.3 Å². The monoisotopic (exact) mass is 401 g/mol. The highest BCUT2D eigenvalue weighted by atomic mass is 16.5. The molecule has 0 fully saturated rings. The third-order valence-corrected chi connectivity index (χ3v) is 5.68. The zero-order valence-electron chi connectivity index (χ0n) is 17.5. The van der Waals surface area contributed by atoms with Gasteiger partial charge in [0.25, 0.3) is 0 Å². The highest BCUT2D eigenvalue weighted by Crippen LogP contribution is 2.47. The van der Waals surface area contributed by atoms with Crippen molar-refractivity contribution in [2.24, 2.45) is 0 Å². The Bertz CT molecular complexity index is 1260. The summed E-state index contributed by atoms with van der Waals surface area (Å²) in [4.78, 5) is 2.26. The highest BCUT2D eigenvalue weighted by molar-refractivity contribution is 6.13. The molecule has 0 saturated carbocycles. The van der Waals surface area contributed by atoms with Crippen molar-refractivity contribution < 1.29 is 4.74 Å². The van der Waals surface area contributed by atoms with Crippen molar-refractivity contribution in [2.45, 2.75) is 0 Å². The summed E-state index contributed by atoms with van der Waals surface area (Å²) in [5.41, 5.74) is 8.99. The molecule has 0 unspecified atom stereocenters. The van der Waals surface area contributed by atoms with E-state index >= 15 is 0 Å². The van der Waals surface area contributed by atoms with Crippen molar-refractivity contribution in [2.75, 3.05) is 12.0 Å². The summed E-state index contributed by atoms with van der Waals surface area (Å²) in [7, 11) is 1.69. The molecule has 0 radical (unpaired) electrons. The third kappa shape index (κ3) is 3.32. The van der Waals surface area contributed by atoms with Gasteiger partial charge in [0, 0.05) is 22.5 Å². The van der Waals surface area contributed by atoms with Gasteiger partial charge in [0.1, 0.15) is 5.75 Å². The van der Waals surface area contributed by atoms with Gasteiger partial charge >= 0.3 is 0 Å². The summed E-state index contributed by atoms with van der Waals surface area (Å²) in [6, 6.07) is 37.8. The van der Waals surface area contributed by atoms with Crippen LogP contribution in [-0.2, 0) is 0 Å². The van der Waals surface area contributed by atoms with Crippen molar-refractivity contribution in [1.29, 1.82) is 0 Å². The van der Waals surface area contributed by atoms with Gasteiger partial charge in [-0.15, -0.1) is 0 Å². The van der Waals surface area contributed by atoms with Gasteiger partial charge < -0.3 is 9.64 Å². The van der Waals surface area contributed by atoms with Crippen molar-refractivity contribution in [3.63, 3.8) is 0 Å². The number of hydrogen-bond acceptors (Lipinski definition) is 2. The van der Waals surface area contributed by atoms with Crippen LogP contribution in [0.15, 0.2) is 116 Å². The SMILES string of the molecule is C=C1c2ccccc2C(c2ccccc2)=C(c2ccccc2)N1c1ccc(OC)cc1. The van der Waals surface area contributed by atoms with Crippen LogP contribution in [0.2, 0.25) is 0 Å². The zero-order chi connectivity index (χ0) is 21.2. The average molecular weight is 402 g/mol. The van der Waals surface area contributed by atoms with Gasteiger partial charge in [0.15, 0.2) is 0 Å². The predicted octanol–water partition coefficient (Wildman–Crippen LogP) is 7.10. The molecule has 2 nitrogen and oxygen atoms in total. The van der Waals surface area contributed by atoms with Crippen LogP contribution in [0.4, 0.5) is 5.69 Å². The third-order valence-electron chi connectivity index (χ3n) is 5.68. The average Bonchev–Trinajstić information content (AvgIpc) is 2.85. The van der Waals surface area contributed by atoms with E-state index in [4.69, 9.17) is 4.74 Å².